The van der Waals surface area contributed by atoms with Crippen molar-refractivity contribution in [2.24, 2.45) is 0 Å². The molecule has 0 bridgehead atoms. The number of nitro benzene ring substituents is 1. The number of carboxylic acid groups (broad SMARTS) is 1. The van der Waals surface area contributed by atoms with Gasteiger partial charge >= 0.3 is 5.97 Å². The lowest BCUT2D eigenvalue weighted by molar-refractivity contribution is -0.385. The molecule has 8 heteroatoms. The monoisotopic (exact) mass is 309 g/mol. The van der Waals surface area contributed by atoms with Gasteiger partial charge in [0.2, 0.25) is 0 Å². The number of nitro groups is 1. The zero-order valence-electron chi connectivity index (χ0n) is 10.9. The number of hydrogen-bond acceptors (Lipinski definition) is 6. The average molecular weight is 309 g/mol. The summed E-state index contributed by atoms with van der Waals surface area (Å²) < 4.78 is 10.4. The highest BCUT2D eigenvalue weighted by Crippen LogP contribution is 2.27. The van der Waals surface area contributed by atoms with Crippen LogP contribution in [0.3, 0.4) is 0 Å². The summed E-state index contributed by atoms with van der Waals surface area (Å²) in [6, 6.07) is 5.80. The van der Waals surface area contributed by atoms with Crippen LogP contribution in [0, 0.1) is 10.1 Å². The van der Waals surface area contributed by atoms with Crippen LogP contribution in [0.4, 0.5) is 5.69 Å². The lowest BCUT2D eigenvalue weighted by atomic mass is 10.2. The van der Waals surface area contributed by atoms with Gasteiger partial charge in [-0.05, 0) is 23.1 Å². The number of carboxylic acids is 1. The molecule has 110 valence electrons. The van der Waals surface area contributed by atoms with Crippen molar-refractivity contribution in [1.82, 2.24) is 0 Å². The number of methoxy groups -OCH3 is 1. The minimum Gasteiger partial charge on any atom is -0.496 e. The van der Waals surface area contributed by atoms with Gasteiger partial charge in [-0.2, -0.15) is 0 Å². The van der Waals surface area contributed by atoms with E-state index < -0.39 is 10.9 Å². The maximum Gasteiger partial charge on any atom is 0.349 e. The number of thiophene rings is 1. The Morgan fingerprint density at radius 3 is 2.81 bits per heavy atom. The van der Waals surface area contributed by atoms with E-state index in [9.17, 15) is 14.9 Å². The quantitative estimate of drug-likeness (QED) is 0.650. The first-order valence-electron chi connectivity index (χ1n) is 5.77. The number of ether oxygens (including phenoxy) is 2. The molecular weight excluding hydrogens is 298 g/mol. The van der Waals surface area contributed by atoms with Crippen LogP contribution in [-0.2, 0) is 6.61 Å². The van der Waals surface area contributed by atoms with Gasteiger partial charge in [-0.25, -0.2) is 4.79 Å². The topological polar surface area (TPSA) is 98.9 Å². The van der Waals surface area contributed by atoms with E-state index in [1.165, 1.54) is 19.2 Å². The highest BCUT2D eigenvalue weighted by molar-refractivity contribution is 7.12. The van der Waals surface area contributed by atoms with Gasteiger partial charge < -0.3 is 14.6 Å². The number of non-ortho nitro benzene ring substituents is 1. The second kappa shape index (κ2) is 6.23. The van der Waals surface area contributed by atoms with E-state index in [4.69, 9.17) is 14.6 Å². The standard InChI is InChI=1S/C13H11NO6S/c1-19-10-5-8(4-9(6-10)14(17)18)7-20-11-2-3-21-12(11)13(15)16/h2-6H,7H2,1H3,(H,15,16). The number of carbonyl (C=O) groups is 1. The molecule has 21 heavy (non-hydrogen) atoms. The SMILES string of the molecule is COc1cc(COc2ccsc2C(=O)O)cc([N+](=O)[O-])c1. The fraction of sp³-hybridized carbons (Fsp3) is 0.154. The second-order valence-electron chi connectivity index (χ2n) is 4.00. The van der Waals surface area contributed by atoms with Crippen molar-refractivity contribution in [3.05, 3.63) is 50.2 Å². The molecule has 7 nitrogen and oxygen atoms in total. The summed E-state index contributed by atoms with van der Waals surface area (Å²) in [4.78, 5) is 21.4. The number of hydrogen-bond donors (Lipinski definition) is 1. The molecule has 0 saturated carbocycles. The second-order valence-corrected chi connectivity index (χ2v) is 4.92. The van der Waals surface area contributed by atoms with Crippen molar-refractivity contribution in [2.45, 2.75) is 6.61 Å². The van der Waals surface area contributed by atoms with Crippen LogP contribution >= 0.6 is 11.3 Å². The summed E-state index contributed by atoms with van der Waals surface area (Å²) in [6.45, 7) is 0.00898. The molecule has 0 spiro atoms. The van der Waals surface area contributed by atoms with Crippen LogP contribution < -0.4 is 9.47 Å². The highest BCUT2D eigenvalue weighted by Gasteiger charge is 2.14. The van der Waals surface area contributed by atoms with Crippen LogP contribution in [0.15, 0.2) is 29.6 Å². The third-order valence-electron chi connectivity index (χ3n) is 2.62. The van der Waals surface area contributed by atoms with E-state index >= 15 is 0 Å². The Labute approximate surface area is 123 Å². The van der Waals surface area contributed by atoms with Crippen molar-refractivity contribution in [1.29, 1.82) is 0 Å². The molecule has 1 aromatic heterocycles. The minimum absolute atomic E-state index is 0.00898. The first-order valence-corrected chi connectivity index (χ1v) is 6.65. The van der Waals surface area contributed by atoms with Gasteiger partial charge in [-0.3, -0.25) is 10.1 Å². The molecule has 0 aliphatic rings. The lowest BCUT2D eigenvalue weighted by Crippen LogP contribution is -2.01. The molecule has 0 saturated heterocycles. The third kappa shape index (κ3) is 3.48. The minimum atomic E-state index is -1.07. The van der Waals surface area contributed by atoms with Crippen LogP contribution in [0.25, 0.3) is 0 Å². The van der Waals surface area contributed by atoms with Gasteiger partial charge in [0.25, 0.3) is 5.69 Å². The molecule has 1 heterocycles. The number of rotatable bonds is 6. The smallest absolute Gasteiger partial charge is 0.349 e. The maximum absolute atomic E-state index is 11.0. The molecule has 0 aliphatic heterocycles. The fourth-order valence-corrected chi connectivity index (χ4v) is 2.35. The van der Waals surface area contributed by atoms with E-state index in [1.54, 1.807) is 17.5 Å². The molecular formula is C13H11NO6S. The van der Waals surface area contributed by atoms with Crippen molar-refractivity contribution in [2.75, 3.05) is 7.11 Å². The molecule has 0 aliphatic carbocycles. The van der Waals surface area contributed by atoms with E-state index in [2.05, 4.69) is 0 Å². The average Bonchev–Trinajstić information content (AvgIpc) is 2.93. The Kier molecular flexibility index (Phi) is 4.39. The van der Waals surface area contributed by atoms with Crippen molar-refractivity contribution < 1.29 is 24.3 Å². The molecule has 0 radical (unpaired) electrons. The summed E-state index contributed by atoms with van der Waals surface area (Å²) in [7, 11) is 1.41. The molecule has 0 amide bonds. The summed E-state index contributed by atoms with van der Waals surface area (Å²) in [5.41, 5.74) is 0.403. The number of nitrogens with zero attached hydrogens (tertiary/aromatic N) is 1. The van der Waals surface area contributed by atoms with E-state index in [0.29, 0.717) is 11.3 Å². The molecule has 1 N–H and O–H groups in total. The van der Waals surface area contributed by atoms with Gasteiger partial charge in [0, 0.05) is 6.07 Å². The van der Waals surface area contributed by atoms with Gasteiger partial charge in [0.05, 0.1) is 18.1 Å². The Bertz CT molecular complexity index is 681. The lowest BCUT2D eigenvalue weighted by Gasteiger charge is -2.07. The first kappa shape index (κ1) is 14.8. The molecule has 1 aromatic carbocycles. The van der Waals surface area contributed by atoms with Gasteiger partial charge in [0.15, 0.2) is 4.88 Å². The zero-order valence-corrected chi connectivity index (χ0v) is 11.8. The Balaban J connectivity index is 2.19. The normalized spacial score (nSPS) is 10.1. The van der Waals surface area contributed by atoms with E-state index in [-0.39, 0.29) is 22.9 Å². The Morgan fingerprint density at radius 2 is 2.19 bits per heavy atom. The predicted octanol–water partition coefficient (Wildman–Crippen LogP) is 2.94. The van der Waals surface area contributed by atoms with Gasteiger partial charge in [-0.1, -0.05) is 0 Å². The zero-order chi connectivity index (χ0) is 15.4. The van der Waals surface area contributed by atoms with Crippen LogP contribution in [-0.4, -0.2) is 23.1 Å². The summed E-state index contributed by atoms with van der Waals surface area (Å²) in [5.74, 6) is -0.499. The molecule has 0 unspecified atom stereocenters. The Hall–Kier alpha value is -2.61. The predicted molar refractivity (Wildman–Crippen MR) is 75.3 cm³/mol. The van der Waals surface area contributed by atoms with Crippen LogP contribution in [0.1, 0.15) is 15.2 Å². The van der Waals surface area contributed by atoms with Gasteiger partial charge in [-0.15, -0.1) is 11.3 Å². The third-order valence-corrected chi connectivity index (χ3v) is 3.50. The molecule has 2 aromatic rings. The Morgan fingerprint density at radius 1 is 1.43 bits per heavy atom. The fourth-order valence-electron chi connectivity index (χ4n) is 1.68. The molecule has 2 rings (SSSR count). The number of aromatic carboxylic acids is 1. The van der Waals surface area contributed by atoms with Gasteiger partial charge in [0.1, 0.15) is 18.1 Å². The summed E-state index contributed by atoms with van der Waals surface area (Å²) in [6.07, 6.45) is 0. The summed E-state index contributed by atoms with van der Waals surface area (Å²) >= 11 is 1.05. The maximum atomic E-state index is 11.0. The largest absolute Gasteiger partial charge is 0.496 e. The van der Waals surface area contributed by atoms with E-state index in [1.807, 2.05) is 0 Å². The van der Waals surface area contributed by atoms with Crippen molar-refractivity contribution in [3.63, 3.8) is 0 Å². The molecule has 0 fully saturated rings. The summed E-state index contributed by atoms with van der Waals surface area (Å²) in [5, 5.41) is 21.4. The van der Waals surface area contributed by atoms with Crippen molar-refractivity contribution in [3.8, 4) is 11.5 Å². The van der Waals surface area contributed by atoms with E-state index in [0.717, 1.165) is 11.3 Å². The van der Waals surface area contributed by atoms with Crippen LogP contribution in [0.2, 0.25) is 0 Å². The first-order chi connectivity index (χ1) is 10.0. The molecule has 0 atom stereocenters. The van der Waals surface area contributed by atoms with Crippen molar-refractivity contribution >= 4 is 23.0 Å². The highest BCUT2D eigenvalue weighted by atomic mass is 32.1. The van der Waals surface area contributed by atoms with Crippen LogP contribution in [0.5, 0.6) is 11.5 Å². The number of benzene rings is 1.